The molecule has 0 saturated heterocycles. The summed E-state index contributed by atoms with van der Waals surface area (Å²) >= 11 is 0. The number of esters is 3. The average molecular weight is 1150 g/mol. The number of carbonyl (C=O) groups excluding carboxylic acids is 3. The van der Waals surface area contributed by atoms with Crippen LogP contribution in [-0.4, -0.2) is 37.2 Å². The van der Waals surface area contributed by atoms with E-state index in [2.05, 4.69) is 130 Å². The molecular formula is C77H132O6. The Morgan fingerprint density at radius 3 is 0.747 bits per heavy atom. The van der Waals surface area contributed by atoms with E-state index in [1.165, 1.54) is 193 Å². The van der Waals surface area contributed by atoms with Crippen molar-refractivity contribution >= 4 is 17.9 Å². The number of hydrogen-bond donors (Lipinski definition) is 0. The molecular weight excluding hydrogens is 1020 g/mol. The fraction of sp³-hybridized carbons (Fsp3) is 0.727. The van der Waals surface area contributed by atoms with Crippen LogP contribution in [-0.2, 0) is 28.6 Å². The van der Waals surface area contributed by atoms with E-state index in [1.54, 1.807) is 0 Å². The summed E-state index contributed by atoms with van der Waals surface area (Å²) in [6.07, 6.45) is 96.8. The highest BCUT2D eigenvalue weighted by atomic mass is 16.6. The summed E-state index contributed by atoms with van der Waals surface area (Å²) < 4.78 is 17.0. The fourth-order valence-electron chi connectivity index (χ4n) is 9.99. The van der Waals surface area contributed by atoms with Gasteiger partial charge >= 0.3 is 17.9 Å². The highest BCUT2D eigenvalue weighted by Gasteiger charge is 2.19. The molecule has 0 fully saturated rings. The van der Waals surface area contributed by atoms with Gasteiger partial charge in [0.2, 0.25) is 0 Å². The SMILES string of the molecule is CC/C=C\C/C=C\C/C=C\C/C=C\C/C=C\C/C=C\C/C=C\C/C=C\CCCCCCCCCCCCC(=O)OCC(COC(=O)CCCCCCCCCCCCCCC)OC(=O)CCCCCCCCC/C=C\CCCCCCCC. The molecule has 83 heavy (non-hydrogen) atoms. The van der Waals surface area contributed by atoms with Crippen LogP contribution in [0.1, 0.15) is 342 Å². The van der Waals surface area contributed by atoms with E-state index in [4.69, 9.17) is 14.2 Å². The van der Waals surface area contributed by atoms with Crippen LogP contribution in [0.2, 0.25) is 0 Å². The molecule has 476 valence electrons. The normalized spacial score (nSPS) is 12.8. The van der Waals surface area contributed by atoms with Crippen molar-refractivity contribution in [2.45, 2.75) is 348 Å². The summed E-state index contributed by atoms with van der Waals surface area (Å²) in [5.41, 5.74) is 0. The molecule has 0 heterocycles. The molecule has 0 aromatic heterocycles. The lowest BCUT2D eigenvalue weighted by atomic mass is 10.0. The molecule has 0 aromatic carbocycles. The third-order valence-electron chi connectivity index (χ3n) is 15.3. The lowest BCUT2D eigenvalue weighted by molar-refractivity contribution is -0.167. The zero-order valence-electron chi connectivity index (χ0n) is 54.7. The minimum atomic E-state index is -0.781. The maximum absolute atomic E-state index is 12.9. The number of ether oxygens (including phenoxy) is 3. The molecule has 0 rings (SSSR count). The van der Waals surface area contributed by atoms with Gasteiger partial charge < -0.3 is 14.2 Å². The molecule has 0 spiro atoms. The number of hydrogen-bond acceptors (Lipinski definition) is 6. The van der Waals surface area contributed by atoms with Gasteiger partial charge in [0.1, 0.15) is 13.2 Å². The summed E-state index contributed by atoms with van der Waals surface area (Å²) in [7, 11) is 0. The van der Waals surface area contributed by atoms with Crippen molar-refractivity contribution in [2.75, 3.05) is 13.2 Å². The first kappa shape index (κ1) is 79.1. The molecule has 0 aliphatic heterocycles. The first-order chi connectivity index (χ1) is 41.0. The summed E-state index contributed by atoms with van der Waals surface area (Å²) in [5, 5.41) is 0. The van der Waals surface area contributed by atoms with E-state index < -0.39 is 6.10 Å². The van der Waals surface area contributed by atoms with Crippen LogP contribution in [0.4, 0.5) is 0 Å². The van der Waals surface area contributed by atoms with Gasteiger partial charge in [0.15, 0.2) is 6.10 Å². The third-order valence-corrected chi connectivity index (χ3v) is 15.3. The Morgan fingerprint density at radius 1 is 0.253 bits per heavy atom. The summed E-state index contributed by atoms with van der Waals surface area (Å²) in [6.45, 7) is 6.55. The summed E-state index contributed by atoms with van der Waals surface area (Å²) in [4.78, 5) is 38.4. The van der Waals surface area contributed by atoms with E-state index in [-0.39, 0.29) is 31.1 Å². The third kappa shape index (κ3) is 68.7. The second-order valence-electron chi connectivity index (χ2n) is 23.4. The number of carbonyl (C=O) groups is 3. The van der Waals surface area contributed by atoms with Crippen LogP contribution >= 0.6 is 0 Å². The summed E-state index contributed by atoms with van der Waals surface area (Å²) in [5.74, 6) is -0.871. The van der Waals surface area contributed by atoms with E-state index in [9.17, 15) is 14.4 Å². The zero-order chi connectivity index (χ0) is 59.9. The highest BCUT2D eigenvalue weighted by Crippen LogP contribution is 2.17. The number of allylic oxidation sites excluding steroid dienone is 18. The van der Waals surface area contributed by atoms with E-state index in [0.29, 0.717) is 19.3 Å². The molecule has 0 saturated carbocycles. The minimum absolute atomic E-state index is 0.0767. The van der Waals surface area contributed by atoms with Gasteiger partial charge in [-0.25, -0.2) is 0 Å². The lowest BCUT2D eigenvalue weighted by Gasteiger charge is -2.18. The van der Waals surface area contributed by atoms with Gasteiger partial charge in [-0.2, -0.15) is 0 Å². The van der Waals surface area contributed by atoms with Gasteiger partial charge in [-0.15, -0.1) is 0 Å². The predicted octanol–water partition coefficient (Wildman–Crippen LogP) is 24.6. The Bertz CT molecular complexity index is 1660. The van der Waals surface area contributed by atoms with Crippen LogP contribution in [0.25, 0.3) is 0 Å². The first-order valence-corrected chi connectivity index (χ1v) is 35.4. The van der Waals surface area contributed by atoms with Crippen LogP contribution in [0, 0.1) is 0 Å². The van der Waals surface area contributed by atoms with E-state index >= 15 is 0 Å². The molecule has 6 nitrogen and oxygen atoms in total. The van der Waals surface area contributed by atoms with Crippen LogP contribution in [0.3, 0.4) is 0 Å². The highest BCUT2D eigenvalue weighted by molar-refractivity contribution is 5.71. The van der Waals surface area contributed by atoms with Gasteiger partial charge in [0.05, 0.1) is 0 Å². The van der Waals surface area contributed by atoms with Crippen molar-refractivity contribution in [1.29, 1.82) is 0 Å². The maximum Gasteiger partial charge on any atom is 0.306 e. The Balaban J connectivity index is 4.22. The average Bonchev–Trinajstić information content (AvgIpc) is 3.49. The molecule has 0 N–H and O–H groups in total. The molecule has 0 amide bonds. The van der Waals surface area contributed by atoms with Gasteiger partial charge in [0, 0.05) is 19.3 Å². The summed E-state index contributed by atoms with van der Waals surface area (Å²) in [6, 6.07) is 0. The smallest absolute Gasteiger partial charge is 0.306 e. The van der Waals surface area contributed by atoms with Crippen LogP contribution in [0.15, 0.2) is 109 Å². The molecule has 0 bridgehead atoms. The van der Waals surface area contributed by atoms with Crippen molar-refractivity contribution < 1.29 is 28.6 Å². The second-order valence-corrected chi connectivity index (χ2v) is 23.4. The Hall–Kier alpha value is -3.93. The first-order valence-electron chi connectivity index (χ1n) is 35.4. The van der Waals surface area contributed by atoms with Crippen molar-refractivity contribution in [3.8, 4) is 0 Å². The fourth-order valence-corrected chi connectivity index (χ4v) is 9.99. The molecule has 6 heteroatoms. The molecule has 0 radical (unpaired) electrons. The Labute approximate surface area is 514 Å². The molecule has 1 unspecified atom stereocenters. The van der Waals surface area contributed by atoms with Crippen LogP contribution < -0.4 is 0 Å². The quantitative estimate of drug-likeness (QED) is 0.0261. The van der Waals surface area contributed by atoms with E-state index in [0.717, 1.165) is 109 Å². The largest absolute Gasteiger partial charge is 0.462 e. The minimum Gasteiger partial charge on any atom is -0.462 e. The Morgan fingerprint density at radius 2 is 0.470 bits per heavy atom. The number of rotatable bonds is 64. The zero-order valence-corrected chi connectivity index (χ0v) is 54.7. The molecule has 1 atom stereocenters. The molecule has 0 aliphatic carbocycles. The van der Waals surface area contributed by atoms with Crippen molar-refractivity contribution in [2.24, 2.45) is 0 Å². The maximum atomic E-state index is 12.9. The topological polar surface area (TPSA) is 78.9 Å². The monoisotopic (exact) mass is 1150 g/mol. The van der Waals surface area contributed by atoms with Crippen LogP contribution in [0.5, 0.6) is 0 Å². The Kier molecular flexibility index (Phi) is 67.2. The van der Waals surface area contributed by atoms with Crippen molar-refractivity contribution in [1.82, 2.24) is 0 Å². The lowest BCUT2D eigenvalue weighted by Crippen LogP contribution is -2.30. The predicted molar refractivity (Wildman–Crippen MR) is 362 cm³/mol. The molecule has 0 aliphatic rings. The number of unbranched alkanes of at least 4 members (excludes halogenated alkanes) is 35. The van der Waals surface area contributed by atoms with Gasteiger partial charge in [-0.1, -0.05) is 323 Å². The standard InChI is InChI=1S/C77H132O6/c1-4-7-10-13-16-19-22-25-27-29-30-31-32-33-34-35-36-37-38-39-40-41-42-43-44-45-46-48-49-52-55-58-61-64-67-70-76(79)82-73-74(72-81-75(78)69-66-63-60-57-54-51-24-21-18-15-12-9-6-3)83-77(80)71-68-65-62-59-56-53-50-47-28-26-23-20-17-14-11-8-5-2/h7,10,16,19,25-28,30-31,33-34,36-37,39-40,42-43,74H,4-6,8-9,11-15,17-18,20-24,29,32,35,38,41,44-73H2,1-3H3/b10-7-,19-16-,27-25-,28-26-,31-30-,34-33-,37-36-,40-39-,43-42-. The molecule has 0 aromatic rings. The van der Waals surface area contributed by atoms with Crippen molar-refractivity contribution in [3.63, 3.8) is 0 Å². The van der Waals surface area contributed by atoms with Gasteiger partial charge in [-0.05, 0) is 109 Å². The second kappa shape index (κ2) is 70.6. The van der Waals surface area contributed by atoms with Crippen molar-refractivity contribution in [3.05, 3.63) is 109 Å². The van der Waals surface area contributed by atoms with Gasteiger partial charge in [0.25, 0.3) is 0 Å². The van der Waals surface area contributed by atoms with E-state index in [1.807, 2.05) is 0 Å². The van der Waals surface area contributed by atoms with Gasteiger partial charge in [-0.3, -0.25) is 14.4 Å².